The normalized spacial score (nSPS) is 15.0. The van der Waals surface area contributed by atoms with Crippen LogP contribution in [-0.2, 0) is 20.1 Å². The fourth-order valence-corrected chi connectivity index (χ4v) is 3.83. The van der Waals surface area contributed by atoms with Gasteiger partial charge in [0.25, 0.3) is 11.9 Å². The molecular weight excluding hydrogens is 493 g/mol. The van der Waals surface area contributed by atoms with Gasteiger partial charge in [-0.25, -0.2) is 4.79 Å². The van der Waals surface area contributed by atoms with E-state index in [0.29, 0.717) is 5.02 Å². The van der Waals surface area contributed by atoms with Crippen molar-refractivity contribution in [3.63, 3.8) is 0 Å². The van der Waals surface area contributed by atoms with E-state index in [2.05, 4.69) is 10.1 Å². The van der Waals surface area contributed by atoms with Gasteiger partial charge in [-0.1, -0.05) is 29.8 Å². The standard InChI is InChI=1S/C22H20ClF3N4O5/c1-28-18-17(19(32)29(9-10-31)21(28)33)30(12-13-5-7-14(23)8-6-13)20(27-18)34-15-3-2-4-16(11-15)35-22(24,25)26/h2-8,11,20,27,31H,9-10,12H2,1H3. The summed E-state index contributed by atoms with van der Waals surface area (Å²) in [5, 5.41) is 12.8. The predicted octanol–water partition coefficient (Wildman–Crippen LogP) is 2.89. The molecule has 1 unspecified atom stereocenters. The molecule has 0 radical (unpaired) electrons. The van der Waals surface area contributed by atoms with E-state index >= 15 is 0 Å². The Hall–Kier alpha value is -3.64. The van der Waals surface area contributed by atoms with Gasteiger partial charge in [-0.2, -0.15) is 0 Å². The molecule has 2 heterocycles. The van der Waals surface area contributed by atoms with E-state index < -0.39 is 36.3 Å². The smallest absolute Gasteiger partial charge is 0.452 e. The molecular formula is C22H20ClF3N4O5. The van der Waals surface area contributed by atoms with Crippen LogP contribution in [0.5, 0.6) is 11.5 Å². The Morgan fingerprint density at radius 1 is 1.11 bits per heavy atom. The van der Waals surface area contributed by atoms with Crippen LogP contribution in [0.1, 0.15) is 5.56 Å². The number of hydrogen-bond donors (Lipinski definition) is 2. The number of aromatic nitrogens is 2. The van der Waals surface area contributed by atoms with Crippen molar-refractivity contribution in [2.75, 3.05) is 16.8 Å². The number of halogens is 4. The first-order valence-electron chi connectivity index (χ1n) is 10.3. The summed E-state index contributed by atoms with van der Waals surface area (Å²) in [4.78, 5) is 27.4. The molecule has 1 aliphatic rings. The second kappa shape index (κ2) is 9.55. The van der Waals surface area contributed by atoms with E-state index in [9.17, 15) is 27.9 Å². The minimum atomic E-state index is -4.88. The number of alkyl halides is 3. The van der Waals surface area contributed by atoms with Crippen LogP contribution >= 0.6 is 11.6 Å². The van der Waals surface area contributed by atoms with Gasteiger partial charge in [-0.3, -0.25) is 13.9 Å². The van der Waals surface area contributed by atoms with Crippen LogP contribution in [0.25, 0.3) is 0 Å². The van der Waals surface area contributed by atoms with Gasteiger partial charge in [-0.15, -0.1) is 13.2 Å². The van der Waals surface area contributed by atoms with Crippen molar-refractivity contribution in [2.24, 2.45) is 7.05 Å². The van der Waals surface area contributed by atoms with Gasteiger partial charge in [-0.05, 0) is 29.8 Å². The van der Waals surface area contributed by atoms with E-state index in [1.807, 2.05) is 0 Å². The van der Waals surface area contributed by atoms with Gasteiger partial charge < -0.3 is 24.8 Å². The average molecular weight is 513 g/mol. The highest BCUT2D eigenvalue weighted by atomic mass is 35.5. The van der Waals surface area contributed by atoms with Crippen molar-refractivity contribution < 1.29 is 27.8 Å². The highest BCUT2D eigenvalue weighted by molar-refractivity contribution is 6.30. The number of aliphatic hydroxyl groups is 1. The van der Waals surface area contributed by atoms with Crippen molar-refractivity contribution in [1.29, 1.82) is 0 Å². The predicted molar refractivity (Wildman–Crippen MR) is 122 cm³/mol. The second-order valence-electron chi connectivity index (χ2n) is 7.61. The van der Waals surface area contributed by atoms with E-state index in [4.69, 9.17) is 16.3 Å². The number of anilines is 2. The maximum absolute atomic E-state index is 13.2. The second-order valence-corrected chi connectivity index (χ2v) is 8.05. The molecule has 35 heavy (non-hydrogen) atoms. The molecule has 2 aromatic carbocycles. The zero-order chi connectivity index (χ0) is 25.3. The van der Waals surface area contributed by atoms with Gasteiger partial charge in [0.15, 0.2) is 0 Å². The minimum Gasteiger partial charge on any atom is -0.452 e. The quantitative estimate of drug-likeness (QED) is 0.502. The molecule has 1 aliphatic heterocycles. The van der Waals surface area contributed by atoms with Crippen LogP contribution in [0.4, 0.5) is 24.7 Å². The highest BCUT2D eigenvalue weighted by Crippen LogP contribution is 2.34. The Kier molecular flexibility index (Phi) is 6.68. The largest absolute Gasteiger partial charge is 0.573 e. The lowest BCUT2D eigenvalue weighted by molar-refractivity contribution is -0.274. The van der Waals surface area contributed by atoms with Gasteiger partial charge in [0.05, 0.1) is 13.2 Å². The minimum absolute atomic E-state index is 0.0267. The van der Waals surface area contributed by atoms with Crippen molar-refractivity contribution in [3.05, 3.63) is 80.0 Å². The van der Waals surface area contributed by atoms with E-state index in [1.165, 1.54) is 28.6 Å². The third-order valence-corrected chi connectivity index (χ3v) is 5.48. The van der Waals surface area contributed by atoms with Gasteiger partial charge in [0.1, 0.15) is 23.0 Å². The molecule has 0 bridgehead atoms. The lowest BCUT2D eigenvalue weighted by atomic mass is 10.2. The highest BCUT2D eigenvalue weighted by Gasteiger charge is 2.37. The third-order valence-electron chi connectivity index (χ3n) is 5.23. The van der Waals surface area contributed by atoms with Crippen LogP contribution in [0.15, 0.2) is 58.1 Å². The zero-order valence-electron chi connectivity index (χ0n) is 18.3. The summed E-state index contributed by atoms with van der Waals surface area (Å²) in [6.45, 7) is -0.506. The Labute approximate surface area is 201 Å². The summed E-state index contributed by atoms with van der Waals surface area (Å²) in [6, 6.07) is 11.7. The summed E-state index contributed by atoms with van der Waals surface area (Å²) in [7, 11) is 1.45. The van der Waals surface area contributed by atoms with Gasteiger partial charge >= 0.3 is 12.1 Å². The maximum Gasteiger partial charge on any atom is 0.573 e. The lowest BCUT2D eigenvalue weighted by Crippen LogP contribution is -2.43. The molecule has 0 spiro atoms. The Balaban J connectivity index is 1.74. The average Bonchev–Trinajstić information content (AvgIpc) is 3.14. The third kappa shape index (κ3) is 5.23. The number of hydrogen-bond acceptors (Lipinski definition) is 7. The molecule has 9 nitrogen and oxygen atoms in total. The molecule has 0 saturated heterocycles. The molecule has 2 N–H and O–H groups in total. The first kappa shape index (κ1) is 24.5. The number of nitrogens with zero attached hydrogens (tertiary/aromatic N) is 3. The molecule has 0 amide bonds. The van der Waals surface area contributed by atoms with Crippen LogP contribution in [0.2, 0.25) is 5.02 Å². The fraction of sp³-hybridized carbons (Fsp3) is 0.273. The van der Waals surface area contributed by atoms with Crippen LogP contribution in [-0.4, -0.2) is 33.6 Å². The summed E-state index contributed by atoms with van der Waals surface area (Å²) >= 11 is 5.97. The number of nitrogens with one attached hydrogen (secondary N) is 1. The number of ether oxygens (including phenoxy) is 2. The molecule has 13 heteroatoms. The topological polar surface area (TPSA) is 98.0 Å². The van der Waals surface area contributed by atoms with Crippen molar-refractivity contribution >= 4 is 23.1 Å². The monoisotopic (exact) mass is 512 g/mol. The van der Waals surface area contributed by atoms with Gasteiger partial charge in [0, 0.05) is 24.7 Å². The van der Waals surface area contributed by atoms with Crippen LogP contribution in [0, 0.1) is 0 Å². The van der Waals surface area contributed by atoms with Crippen molar-refractivity contribution in [1.82, 2.24) is 9.13 Å². The maximum atomic E-state index is 13.2. The summed E-state index contributed by atoms with van der Waals surface area (Å²) in [5.74, 6) is -0.290. The SMILES string of the molecule is Cn1c2c(c(=O)n(CCO)c1=O)N(Cc1ccc(Cl)cc1)C(Oc1cccc(OC(F)(F)F)c1)N2. The number of benzene rings is 2. The fourth-order valence-electron chi connectivity index (χ4n) is 3.70. The number of fused-ring (bicyclic) bond motifs is 1. The lowest BCUT2D eigenvalue weighted by Gasteiger charge is -2.26. The molecule has 1 aromatic heterocycles. The van der Waals surface area contributed by atoms with Crippen molar-refractivity contribution in [3.8, 4) is 11.5 Å². The molecule has 0 fully saturated rings. The first-order valence-corrected chi connectivity index (χ1v) is 10.7. The van der Waals surface area contributed by atoms with Gasteiger partial charge in [0.2, 0.25) is 0 Å². The Morgan fingerprint density at radius 3 is 2.46 bits per heavy atom. The summed E-state index contributed by atoms with van der Waals surface area (Å²) in [5.41, 5.74) is -0.459. The van der Waals surface area contributed by atoms with Crippen molar-refractivity contribution in [2.45, 2.75) is 25.8 Å². The first-order chi connectivity index (χ1) is 16.6. The zero-order valence-corrected chi connectivity index (χ0v) is 19.0. The van der Waals surface area contributed by atoms with Crippen LogP contribution < -0.4 is 30.9 Å². The summed E-state index contributed by atoms with van der Waals surface area (Å²) in [6.07, 6.45) is -5.94. The summed E-state index contributed by atoms with van der Waals surface area (Å²) < 4.78 is 49.9. The molecule has 1 atom stereocenters. The Bertz CT molecular complexity index is 1340. The van der Waals surface area contributed by atoms with E-state index in [1.54, 1.807) is 24.3 Å². The molecule has 3 aromatic rings. The molecule has 4 rings (SSSR count). The van der Waals surface area contributed by atoms with E-state index in [-0.39, 0.29) is 30.3 Å². The van der Waals surface area contributed by atoms with Crippen LogP contribution in [0.3, 0.4) is 0 Å². The number of aliphatic hydroxyl groups excluding tert-OH is 1. The molecule has 0 saturated carbocycles. The van der Waals surface area contributed by atoms with E-state index in [0.717, 1.165) is 22.3 Å². The Morgan fingerprint density at radius 2 is 1.80 bits per heavy atom. The molecule has 0 aliphatic carbocycles. The molecule has 186 valence electrons. The number of rotatable bonds is 7.